The van der Waals surface area contributed by atoms with E-state index in [1.165, 1.54) is 0 Å². The maximum absolute atomic E-state index is 10.2. The fourth-order valence-corrected chi connectivity index (χ4v) is 1.90. The van der Waals surface area contributed by atoms with Gasteiger partial charge in [0.25, 0.3) is 0 Å². The highest BCUT2D eigenvalue weighted by Gasteiger charge is 2.06. The van der Waals surface area contributed by atoms with Crippen molar-refractivity contribution in [3.63, 3.8) is 0 Å². The molecular weight excluding hydrogens is 254 g/mol. The molecule has 4 nitrogen and oxygen atoms in total. The third-order valence-corrected chi connectivity index (χ3v) is 2.96. The van der Waals surface area contributed by atoms with Gasteiger partial charge in [0, 0.05) is 0 Å². The third-order valence-electron chi connectivity index (χ3n) is 2.96. The van der Waals surface area contributed by atoms with Gasteiger partial charge in [-0.1, -0.05) is 41.6 Å². The van der Waals surface area contributed by atoms with Gasteiger partial charge in [0.05, 0.1) is 13.7 Å². The Morgan fingerprint density at radius 2 is 1.80 bits per heavy atom. The van der Waals surface area contributed by atoms with Gasteiger partial charge in [0.1, 0.15) is 6.61 Å². The number of ether oxygens (including phenoxy) is 2. The van der Waals surface area contributed by atoms with Crippen molar-refractivity contribution in [2.45, 2.75) is 13.0 Å². The molecule has 0 saturated carbocycles. The molecule has 0 heterocycles. The molecule has 2 aromatic carbocycles. The predicted molar refractivity (Wildman–Crippen MR) is 78.1 cm³/mol. The summed E-state index contributed by atoms with van der Waals surface area (Å²) >= 11 is 0. The van der Waals surface area contributed by atoms with Crippen LogP contribution < -0.4 is 9.47 Å². The highest BCUT2D eigenvalue weighted by Crippen LogP contribution is 2.29. The van der Waals surface area contributed by atoms with E-state index in [1.54, 1.807) is 7.11 Å². The molecule has 0 bridgehead atoms. The van der Waals surface area contributed by atoms with Gasteiger partial charge in [-0.2, -0.15) is 4.91 Å². The molecule has 0 aliphatic rings. The van der Waals surface area contributed by atoms with E-state index in [0.717, 1.165) is 11.1 Å². The van der Waals surface area contributed by atoms with Crippen LogP contribution in [0.2, 0.25) is 0 Å². The zero-order chi connectivity index (χ0) is 14.2. The van der Waals surface area contributed by atoms with Gasteiger partial charge in [-0.15, -0.1) is 0 Å². The Balaban J connectivity index is 2.09. The van der Waals surface area contributed by atoms with E-state index in [4.69, 9.17) is 9.47 Å². The molecule has 0 atom stereocenters. The highest BCUT2D eigenvalue weighted by atomic mass is 16.5. The molecule has 0 fully saturated rings. The summed E-state index contributed by atoms with van der Waals surface area (Å²) in [7, 11) is 1.61. The summed E-state index contributed by atoms with van der Waals surface area (Å²) in [6, 6.07) is 15.6. The van der Waals surface area contributed by atoms with Crippen molar-refractivity contribution in [1.29, 1.82) is 0 Å². The van der Waals surface area contributed by atoms with Crippen LogP contribution >= 0.6 is 0 Å². The first-order chi connectivity index (χ1) is 9.83. The van der Waals surface area contributed by atoms with E-state index >= 15 is 0 Å². The predicted octanol–water partition coefficient (Wildman–Crippen LogP) is 3.58. The SMILES string of the molecule is COc1ccc(CCN=O)cc1OCc1ccccc1. The van der Waals surface area contributed by atoms with Crippen LogP contribution in [-0.2, 0) is 13.0 Å². The molecule has 4 heteroatoms. The van der Waals surface area contributed by atoms with Gasteiger partial charge < -0.3 is 9.47 Å². The first kappa shape index (κ1) is 14.1. The Labute approximate surface area is 118 Å². The van der Waals surface area contributed by atoms with Crippen LogP contribution in [0.3, 0.4) is 0 Å². The number of benzene rings is 2. The van der Waals surface area contributed by atoms with Gasteiger partial charge in [-0.05, 0) is 29.7 Å². The fraction of sp³-hybridized carbons (Fsp3) is 0.250. The van der Waals surface area contributed by atoms with E-state index in [9.17, 15) is 4.91 Å². The Morgan fingerprint density at radius 3 is 2.50 bits per heavy atom. The van der Waals surface area contributed by atoms with Crippen molar-refractivity contribution in [1.82, 2.24) is 0 Å². The van der Waals surface area contributed by atoms with Crippen molar-refractivity contribution >= 4 is 0 Å². The van der Waals surface area contributed by atoms with Crippen LogP contribution in [0, 0.1) is 4.91 Å². The van der Waals surface area contributed by atoms with E-state index in [2.05, 4.69) is 5.18 Å². The summed E-state index contributed by atoms with van der Waals surface area (Å²) in [6.45, 7) is 0.747. The van der Waals surface area contributed by atoms with Gasteiger partial charge in [-0.3, -0.25) is 0 Å². The quantitative estimate of drug-likeness (QED) is 0.723. The first-order valence-corrected chi connectivity index (χ1v) is 6.46. The van der Waals surface area contributed by atoms with Crippen LogP contribution in [0.25, 0.3) is 0 Å². The normalized spacial score (nSPS) is 10.1. The average molecular weight is 271 g/mol. The average Bonchev–Trinajstić information content (AvgIpc) is 2.52. The number of nitroso groups, excluding NO2 is 1. The minimum Gasteiger partial charge on any atom is -0.493 e. The molecule has 2 rings (SSSR count). The van der Waals surface area contributed by atoms with E-state index in [1.807, 2.05) is 48.5 Å². The molecular formula is C16H17NO3. The standard InChI is InChI=1S/C16H17NO3/c1-19-15-8-7-13(9-10-17-18)11-16(15)20-12-14-5-3-2-4-6-14/h2-8,11H,9-10,12H2,1H3. The molecule has 0 radical (unpaired) electrons. The lowest BCUT2D eigenvalue weighted by Crippen LogP contribution is -1.99. The van der Waals surface area contributed by atoms with Gasteiger partial charge in [-0.25, -0.2) is 0 Å². The number of hydrogen-bond acceptors (Lipinski definition) is 4. The molecule has 0 aliphatic heterocycles. The van der Waals surface area contributed by atoms with Crippen molar-refractivity contribution in [2.75, 3.05) is 13.7 Å². The lowest BCUT2D eigenvalue weighted by Gasteiger charge is -2.12. The molecule has 0 aliphatic carbocycles. The first-order valence-electron chi connectivity index (χ1n) is 6.46. The van der Waals surface area contributed by atoms with Crippen LogP contribution in [0.15, 0.2) is 53.7 Å². The smallest absolute Gasteiger partial charge is 0.161 e. The second-order valence-corrected chi connectivity index (χ2v) is 4.36. The molecule has 2 aromatic rings. The molecule has 0 amide bonds. The van der Waals surface area contributed by atoms with E-state index in [0.29, 0.717) is 24.5 Å². The molecule has 0 unspecified atom stereocenters. The van der Waals surface area contributed by atoms with Crippen molar-refractivity contribution < 1.29 is 9.47 Å². The van der Waals surface area contributed by atoms with Crippen molar-refractivity contribution in [3.8, 4) is 11.5 Å². The number of rotatable bonds is 7. The second kappa shape index (κ2) is 7.28. The topological polar surface area (TPSA) is 47.9 Å². The number of methoxy groups -OCH3 is 1. The maximum Gasteiger partial charge on any atom is 0.161 e. The Kier molecular flexibility index (Phi) is 5.12. The molecule has 0 aromatic heterocycles. The van der Waals surface area contributed by atoms with E-state index in [-0.39, 0.29) is 6.54 Å². The van der Waals surface area contributed by atoms with Crippen LogP contribution in [-0.4, -0.2) is 13.7 Å². The minimum absolute atomic E-state index is 0.268. The molecule has 104 valence electrons. The molecule has 0 spiro atoms. The largest absolute Gasteiger partial charge is 0.493 e. The molecule has 0 N–H and O–H groups in total. The summed E-state index contributed by atoms with van der Waals surface area (Å²) in [4.78, 5) is 10.2. The summed E-state index contributed by atoms with van der Waals surface area (Å²) in [5.41, 5.74) is 2.10. The van der Waals surface area contributed by atoms with Crippen LogP contribution in [0.4, 0.5) is 0 Å². The zero-order valence-corrected chi connectivity index (χ0v) is 11.4. The van der Waals surface area contributed by atoms with Crippen molar-refractivity contribution in [2.24, 2.45) is 5.18 Å². The Bertz CT molecular complexity index is 555. The fourth-order valence-electron chi connectivity index (χ4n) is 1.90. The van der Waals surface area contributed by atoms with Crippen molar-refractivity contribution in [3.05, 3.63) is 64.6 Å². The summed E-state index contributed by atoms with van der Waals surface area (Å²) < 4.78 is 11.1. The lowest BCUT2D eigenvalue weighted by molar-refractivity contribution is 0.284. The monoisotopic (exact) mass is 271 g/mol. The number of nitrogens with zero attached hydrogens (tertiary/aromatic N) is 1. The summed E-state index contributed by atoms with van der Waals surface area (Å²) in [5, 5.41) is 2.87. The molecule has 0 saturated heterocycles. The summed E-state index contributed by atoms with van der Waals surface area (Å²) in [6.07, 6.45) is 0.606. The lowest BCUT2D eigenvalue weighted by atomic mass is 10.1. The van der Waals surface area contributed by atoms with Crippen LogP contribution in [0.1, 0.15) is 11.1 Å². The number of hydrogen-bond donors (Lipinski definition) is 0. The molecule has 20 heavy (non-hydrogen) atoms. The zero-order valence-electron chi connectivity index (χ0n) is 11.4. The van der Waals surface area contributed by atoms with Gasteiger partial charge in [0.2, 0.25) is 0 Å². The van der Waals surface area contributed by atoms with Gasteiger partial charge >= 0.3 is 0 Å². The minimum atomic E-state index is 0.268. The summed E-state index contributed by atoms with van der Waals surface area (Å²) in [5.74, 6) is 1.36. The van der Waals surface area contributed by atoms with Gasteiger partial charge in [0.15, 0.2) is 11.5 Å². The third kappa shape index (κ3) is 3.82. The second-order valence-electron chi connectivity index (χ2n) is 4.36. The van der Waals surface area contributed by atoms with Crippen LogP contribution in [0.5, 0.6) is 11.5 Å². The Morgan fingerprint density at radius 1 is 1.00 bits per heavy atom. The van der Waals surface area contributed by atoms with E-state index < -0.39 is 0 Å². The maximum atomic E-state index is 10.2. The highest BCUT2D eigenvalue weighted by molar-refractivity contribution is 5.43. The Hall–Kier alpha value is -2.36.